The monoisotopic (exact) mass is 532 g/mol. The van der Waals surface area contributed by atoms with Gasteiger partial charge in [0.1, 0.15) is 17.1 Å². The van der Waals surface area contributed by atoms with Gasteiger partial charge in [0.2, 0.25) is 5.91 Å². The Hall–Kier alpha value is -3.59. The Morgan fingerprint density at radius 3 is 2.54 bits per heavy atom. The van der Waals surface area contributed by atoms with Crippen molar-refractivity contribution in [3.05, 3.63) is 65.3 Å². The molecule has 0 unspecified atom stereocenters. The van der Waals surface area contributed by atoms with Crippen LogP contribution >= 0.6 is 0 Å². The van der Waals surface area contributed by atoms with Gasteiger partial charge in [-0.2, -0.15) is 0 Å². The molecule has 2 saturated carbocycles. The Morgan fingerprint density at radius 2 is 1.85 bits per heavy atom. The van der Waals surface area contributed by atoms with Gasteiger partial charge in [-0.05, 0) is 75.8 Å². The van der Waals surface area contributed by atoms with Crippen LogP contribution in [0.2, 0.25) is 0 Å². The van der Waals surface area contributed by atoms with Crippen LogP contribution in [0.25, 0.3) is 22.2 Å². The summed E-state index contributed by atoms with van der Waals surface area (Å²) in [6.07, 6.45) is 5.10. The van der Waals surface area contributed by atoms with Gasteiger partial charge in [0.15, 0.2) is 11.6 Å². The number of imidazole rings is 1. The minimum Gasteiger partial charge on any atom is -0.381 e. The summed E-state index contributed by atoms with van der Waals surface area (Å²) in [6, 6.07) is 10.1. The summed E-state index contributed by atoms with van der Waals surface area (Å²) in [6.45, 7) is 3.82. The molecule has 4 aromatic rings. The average molecular weight is 533 g/mol. The van der Waals surface area contributed by atoms with Gasteiger partial charge in [-0.25, -0.2) is 13.8 Å². The maximum atomic E-state index is 14.3. The number of rotatable bonds is 5. The van der Waals surface area contributed by atoms with Crippen LogP contribution in [0.3, 0.4) is 0 Å². The molecule has 0 radical (unpaired) electrons. The largest absolute Gasteiger partial charge is 0.381 e. The van der Waals surface area contributed by atoms with Gasteiger partial charge >= 0.3 is 0 Å². The Balaban J connectivity index is 1.40. The number of nitrogens with zero attached hydrogens (tertiary/aromatic N) is 4. The third-order valence-corrected chi connectivity index (χ3v) is 9.04. The van der Waals surface area contributed by atoms with E-state index in [2.05, 4.69) is 27.9 Å². The van der Waals surface area contributed by atoms with E-state index in [-0.39, 0.29) is 24.0 Å². The van der Waals surface area contributed by atoms with Crippen molar-refractivity contribution in [1.29, 1.82) is 0 Å². The highest BCUT2D eigenvalue weighted by Gasteiger charge is 2.69. The molecule has 0 spiro atoms. The molecule has 7 nitrogen and oxygen atoms in total. The van der Waals surface area contributed by atoms with Crippen LogP contribution < -0.4 is 4.90 Å². The topological polar surface area (TPSA) is 73.4 Å². The number of anilines is 1. The number of benzene rings is 2. The summed E-state index contributed by atoms with van der Waals surface area (Å²) in [5, 5.41) is 4.12. The summed E-state index contributed by atoms with van der Waals surface area (Å²) >= 11 is 0. The summed E-state index contributed by atoms with van der Waals surface area (Å²) in [7, 11) is 1.76. The van der Waals surface area contributed by atoms with E-state index < -0.39 is 17.2 Å². The molecule has 0 bridgehead atoms. The zero-order chi connectivity index (χ0) is 27.1. The van der Waals surface area contributed by atoms with E-state index in [1.807, 2.05) is 13.8 Å². The fourth-order valence-corrected chi connectivity index (χ4v) is 7.09. The molecule has 0 N–H and O–H groups in total. The van der Waals surface area contributed by atoms with Crippen molar-refractivity contribution in [2.24, 2.45) is 5.92 Å². The van der Waals surface area contributed by atoms with Gasteiger partial charge in [0.25, 0.3) is 0 Å². The van der Waals surface area contributed by atoms with Crippen LogP contribution in [0, 0.1) is 31.4 Å². The van der Waals surface area contributed by atoms with Crippen LogP contribution in [0.1, 0.15) is 61.8 Å². The Kier molecular flexibility index (Phi) is 5.46. The highest BCUT2D eigenvalue weighted by molar-refractivity contribution is 6.00. The SMILES string of the molecule is COC1CCC(n2c([C@]34C[C@H]3CC(=O)N4c3ccc(F)c(F)c3)nc3cc(-c4c(C)noc4C)ccc32)CC1. The maximum absolute atomic E-state index is 14.3. The first-order chi connectivity index (χ1) is 18.8. The first kappa shape index (κ1) is 24.5. The fourth-order valence-electron chi connectivity index (χ4n) is 7.09. The van der Waals surface area contributed by atoms with Gasteiger partial charge in [0, 0.05) is 42.8 Å². The summed E-state index contributed by atoms with van der Waals surface area (Å²) in [5.41, 5.74) is 4.28. The molecule has 2 aromatic carbocycles. The number of carbonyl (C=O) groups excluding carboxylic acids is 1. The molecule has 3 fully saturated rings. The minimum atomic E-state index is -0.963. The number of piperidine rings is 1. The van der Waals surface area contributed by atoms with E-state index in [9.17, 15) is 13.6 Å². The molecule has 9 heteroatoms. The predicted molar refractivity (Wildman–Crippen MR) is 141 cm³/mol. The number of halogens is 2. The van der Waals surface area contributed by atoms with E-state index in [1.54, 1.807) is 12.0 Å². The first-order valence-corrected chi connectivity index (χ1v) is 13.6. The van der Waals surface area contributed by atoms with E-state index in [0.29, 0.717) is 12.1 Å². The van der Waals surface area contributed by atoms with Crippen molar-refractivity contribution in [1.82, 2.24) is 14.7 Å². The molecule has 39 heavy (non-hydrogen) atoms. The van der Waals surface area contributed by atoms with E-state index in [0.717, 1.165) is 83.7 Å². The molecule has 7 rings (SSSR count). The molecule has 202 valence electrons. The number of hydrogen-bond donors (Lipinski definition) is 0. The highest BCUT2D eigenvalue weighted by Crippen LogP contribution is 2.64. The molecule has 2 aromatic heterocycles. The Bertz CT molecular complexity index is 1600. The number of ether oxygens (including phenoxy) is 1. The number of aryl methyl sites for hydroxylation is 2. The lowest BCUT2D eigenvalue weighted by Gasteiger charge is -2.34. The van der Waals surface area contributed by atoms with Crippen LogP contribution in [0.5, 0.6) is 0 Å². The number of carbonyl (C=O) groups is 1. The van der Waals surface area contributed by atoms with Crippen molar-refractivity contribution in [2.45, 2.75) is 70.1 Å². The van der Waals surface area contributed by atoms with Crippen molar-refractivity contribution in [2.75, 3.05) is 12.0 Å². The second-order valence-corrected chi connectivity index (χ2v) is 11.2. The lowest BCUT2D eigenvalue weighted by atomic mass is 9.92. The predicted octanol–water partition coefficient (Wildman–Crippen LogP) is 6.37. The van der Waals surface area contributed by atoms with Crippen LogP contribution in [0.4, 0.5) is 14.5 Å². The molecule has 2 atom stereocenters. The molecule has 1 aliphatic heterocycles. The summed E-state index contributed by atoms with van der Waals surface area (Å²) in [4.78, 5) is 20.2. The lowest BCUT2D eigenvalue weighted by molar-refractivity contribution is -0.118. The molecular formula is C30H30F2N4O3. The third kappa shape index (κ3) is 3.58. The minimum absolute atomic E-state index is 0.0750. The smallest absolute Gasteiger partial charge is 0.228 e. The molecule has 3 aliphatic rings. The molecule has 1 amide bonds. The van der Waals surface area contributed by atoms with E-state index in [1.165, 1.54) is 6.07 Å². The Morgan fingerprint density at radius 1 is 1.05 bits per heavy atom. The lowest BCUT2D eigenvalue weighted by Crippen LogP contribution is -2.39. The van der Waals surface area contributed by atoms with Crippen molar-refractivity contribution in [3.63, 3.8) is 0 Å². The molecule has 3 heterocycles. The van der Waals surface area contributed by atoms with Gasteiger partial charge < -0.3 is 13.8 Å². The van der Waals surface area contributed by atoms with Crippen molar-refractivity contribution >= 4 is 22.6 Å². The number of methoxy groups -OCH3 is 1. The first-order valence-electron chi connectivity index (χ1n) is 13.6. The van der Waals surface area contributed by atoms with E-state index in [4.69, 9.17) is 14.2 Å². The van der Waals surface area contributed by atoms with Gasteiger partial charge in [-0.1, -0.05) is 11.2 Å². The summed E-state index contributed by atoms with van der Waals surface area (Å²) in [5.74, 6) is -0.330. The molecular weight excluding hydrogens is 502 g/mol. The zero-order valence-corrected chi connectivity index (χ0v) is 22.2. The molecule has 2 aliphatic carbocycles. The van der Waals surface area contributed by atoms with Crippen molar-refractivity contribution in [3.8, 4) is 11.1 Å². The third-order valence-electron chi connectivity index (χ3n) is 9.04. The van der Waals surface area contributed by atoms with Crippen LogP contribution in [0.15, 0.2) is 40.9 Å². The number of amides is 1. The van der Waals surface area contributed by atoms with Gasteiger partial charge in [-0.3, -0.25) is 9.69 Å². The highest BCUT2D eigenvalue weighted by atomic mass is 19.2. The average Bonchev–Trinajstić information content (AvgIpc) is 3.18. The number of hydrogen-bond acceptors (Lipinski definition) is 5. The normalized spacial score (nSPS) is 26.4. The number of fused-ring (bicyclic) bond motifs is 2. The molecule has 1 saturated heterocycles. The summed E-state index contributed by atoms with van der Waals surface area (Å²) < 4.78 is 41.5. The van der Waals surface area contributed by atoms with Gasteiger partial charge in [0.05, 0.1) is 22.8 Å². The van der Waals surface area contributed by atoms with Gasteiger partial charge in [-0.15, -0.1) is 0 Å². The Labute approximate surface area is 224 Å². The van der Waals surface area contributed by atoms with Crippen LogP contribution in [-0.2, 0) is 15.1 Å². The standard InChI is InChI=1S/C30H30F2N4O3/c1-16-28(17(2)39-34-16)18-4-11-26-25(12-18)33-29(35(26)20-5-8-22(38-3)9-6-20)30-15-19(30)13-27(37)36(30)21-7-10-23(31)24(32)14-21/h4,7,10-12,14,19-20,22H,5-6,8-9,13,15H2,1-3H3/t19-,20?,22?,30+/m1/s1. The fraction of sp³-hybridized carbons (Fsp3) is 0.433. The second kappa shape index (κ2) is 8.71. The second-order valence-electron chi connectivity index (χ2n) is 11.2. The van der Waals surface area contributed by atoms with E-state index >= 15 is 0 Å². The zero-order valence-electron chi connectivity index (χ0n) is 22.2. The maximum Gasteiger partial charge on any atom is 0.228 e. The quantitative estimate of drug-likeness (QED) is 0.299. The van der Waals surface area contributed by atoms with Crippen molar-refractivity contribution < 1.29 is 22.8 Å². The number of aromatic nitrogens is 3. The van der Waals surface area contributed by atoms with Crippen LogP contribution in [-0.4, -0.2) is 33.8 Å².